The van der Waals surface area contributed by atoms with Gasteiger partial charge in [-0.25, -0.2) is 0 Å². The summed E-state index contributed by atoms with van der Waals surface area (Å²) in [5.74, 6) is 1.02. The molecular weight excluding hydrogens is 248 g/mol. The van der Waals surface area contributed by atoms with E-state index < -0.39 is 0 Å². The fourth-order valence-corrected chi connectivity index (χ4v) is 3.76. The highest BCUT2D eigenvalue weighted by Crippen LogP contribution is 2.35. The zero-order valence-corrected chi connectivity index (χ0v) is 13.6. The van der Waals surface area contributed by atoms with Crippen LogP contribution in [0.3, 0.4) is 0 Å². The number of unbranched alkanes of at least 4 members (excludes halogenated alkanes) is 3. The number of carbonyl (C=O) groups is 1. The number of nitrogens with zero attached hydrogens (tertiary/aromatic N) is 1. The Kier molecular flexibility index (Phi) is 5.48. The summed E-state index contributed by atoms with van der Waals surface area (Å²) < 4.78 is 0. The lowest BCUT2D eigenvalue weighted by molar-refractivity contribution is -0.133. The summed E-state index contributed by atoms with van der Waals surface area (Å²) in [6.07, 6.45) is 11.4. The van der Waals surface area contributed by atoms with Gasteiger partial charge in [-0.2, -0.15) is 0 Å². The molecule has 1 aliphatic heterocycles. The van der Waals surface area contributed by atoms with Gasteiger partial charge in [-0.15, -0.1) is 0 Å². The molecule has 2 fully saturated rings. The average molecular weight is 280 g/mol. The molecule has 3 nitrogen and oxygen atoms in total. The van der Waals surface area contributed by atoms with Crippen LogP contribution in [0.2, 0.25) is 0 Å². The van der Waals surface area contributed by atoms with Crippen LogP contribution in [-0.4, -0.2) is 29.1 Å². The highest BCUT2D eigenvalue weighted by molar-refractivity contribution is 5.88. The summed E-state index contributed by atoms with van der Waals surface area (Å²) in [6.45, 7) is 7.39. The smallest absolute Gasteiger partial charge is 0.243 e. The summed E-state index contributed by atoms with van der Waals surface area (Å²) in [5.41, 5.74) is -0.321. The van der Waals surface area contributed by atoms with Crippen molar-refractivity contribution < 1.29 is 4.79 Å². The van der Waals surface area contributed by atoms with Gasteiger partial charge in [-0.3, -0.25) is 10.1 Å². The molecule has 1 heterocycles. The molecule has 1 saturated carbocycles. The minimum Gasteiger partial charge on any atom is -0.325 e. The Hall–Kier alpha value is -0.570. The predicted octanol–water partition coefficient (Wildman–Crippen LogP) is 3.68. The van der Waals surface area contributed by atoms with Gasteiger partial charge in [0.05, 0.1) is 11.7 Å². The third kappa shape index (κ3) is 3.19. The Labute approximate surface area is 124 Å². The van der Waals surface area contributed by atoms with Crippen molar-refractivity contribution in [3.05, 3.63) is 0 Å². The molecule has 0 aromatic heterocycles. The van der Waals surface area contributed by atoms with Gasteiger partial charge in [-0.1, -0.05) is 46.0 Å². The number of hydrogen-bond acceptors (Lipinski definition) is 2. The number of hydrogen-bond donors (Lipinski definition) is 1. The summed E-state index contributed by atoms with van der Waals surface area (Å²) in [6, 6.07) is 0. The van der Waals surface area contributed by atoms with Crippen LogP contribution in [0.5, 0.6) is 0 Å². The molecule has 2 unspecified atom stereocenters. The summed E-state index contributed by atoms with van der Waals surface area (Å²) in [5, 5.41) is 3.68. The van der Waals surface area contributed by atoms with Gasteiger partial charge in [0.25, 0.3) is 0 Å². The lowest BCUT2D eigenvalue weighted by Crippen LogP contribution is -2.45. The van der Waals surface area contributed by atoms with E-state index in [1.165, 1.54) is 44.9 Å². The average Bonchev–Trinajstić information content (AvgIpc) is 3.05. The van der Waals surface area contributed by atoms with Gasteiger partial charge < -0.3 is 4.90 Å². The van der Waals surface area contributed by atoms with Gasteiger partial charge in [0.2, 0.25) is 5.91 Å². The maximum atomic E-state index is 12.8. The first-order valence-electron chi connectivity index (χ1n) is 8.71. The number of rotatable bonds is 7. The van der Waals surface area contributed by atoms with E-state index in [0.29, 0.717) is 18.0 Å². The Bertz CT molecular complexity index is 325. The van der Waals surface area contributed by atoms with Crippen LogP contribution in [0.1, 0.15) is 78.6 Å². The Morgan fingerprint density at radius 1 is 1.20 bits per heavy atom. The molecule has 116 valence electrons. The SMILES string of the molecule is CCCCCCN1C(=O)C(C)(CC)NC1C1CCCC1. The molecule has 1 amide bonds. The first kappa shape index (κ1) is 15.8. The van der Waals surface area contributed by atoms with Crippen molar-refractivity contribution in [3.63, 3.8) is 0 Å². The van der Waals surface area contributed by atoms with Crippen molar-refractivity contribution in [1.82, 2.24) is 10.2 Å². The highest BCUT2D eigenvalue weighted by Gasteiger charge is 2.48. The number of carbonyl (C=O) groups excluding carboxylic acids is 1. The monoisotopic (exact) mass is 280 g/mol. The van der Waals surface area contributed by atoms with E-state index in [0.717, 1.165) is 19.4 Å². The van der Waals surface area contributed by atoms with E-state index in [1.54, 1.807) is 0 Å². The van der Waals surface area contributed by atoms with Crippen LogP contribution in [0, 0.1) is 5.92 Å². The first-order chi connectivity index (χ1) is 9.62. The fourth-order valence-electron chi connectivity index (χ4n) is 3.76. The van der Waals surface area contributed by atoms with E-state index >= 15 is 0 Å². The van der Waals surface area contributed by atoms with Crippen LogP contribution in [-0.2, 0) is 4.79 Å². The van der Waals surface area contributed by atoms with E-state index in [2.05, 4.69) is 31.0 Å². The van der Waals surface area contributed by atoms with Gasteiger partial charge in [0.1, 0.15) is 0 Å². The maximum absolute atomic E-state index is 12.8. The zero-order valence-electron chi connectivity index (χ0n) is 13.6. The van der Waals surface area contributed by atoms with E-state index in [4.69, 9.17) is 0 Å². The third-order valence-corrected chi connectivity index (χ3v) is 5.34. The highest BCUT2D eigenvalue weighted by atomic mass is 16.2. The molecule has 1 aliphatic carbocycles. The summed E-state index contributed by atoms with van der Waals surface area (Å²) >= 11 is 0. The van der Waals surface area contributed by atoms with Crippen LogP contribution >= 0.6 is 0 Å². The molecule has 2 aliphatic rings. The molecule has 2 rings (SSSR count). The molecular formula is C17H32N2O. The molecule has 1 saturated heterocycles. The third-order valence-electron chi connectivity index (χ3n) is 5.34. The minimum absolute atomic E-state index is 0.302. The Morgan fingerprint density at radius 2 is 1.90 bits per heavy atom. The normalized spacial score (nSPS) is 31.4. The topological polar surface area (TPSA) is 32.3 Å². The van der Waals surface area contributed by atoms with Crippen LogP contribution in [0.25, 0.3) is 0 Å². The van der Waals surface area contributed by atoms with Crippen molar-refractivity contribution in [1.29, 1.82) is 0 Å². The second kappa shape index (κ2) is 6.93. The molecule has 0 radical (unpaired) electrons. The lowest BCUT2D eigenvalue weighted by atomic mass is 9.99. The zero-order chi connectivity index (χ0) is 14.6. The quantitative estimate of drug-likeness (QED) is 0.721. The second-order valence-corrected chi connectivity index (χ2v) is 6.88. The molecule has 0 aromatic carbocycles. The number of nitrogens with one attached hydrogen (secondary N) is 1. The summed E-state index contributed by atoms with van der Waals surface area (Å²) in [4.78, 5) is 14.9. The van der Waals surface area contributed by atoms with Crippen molar-refractivity contribution in [2.45, 2.75) is 90.3 Å². The first-order valence-corrected chi connectivity index (χ1v) is 8.71. The van der Waals surface area contributed by atoms with Crippen molar-refractivity contribution in [3.8, 4) is 0 Å². The molecule has 3 heteroatoms. The standard InChI is InChI=1S/C17H32N2O/c1-4-6-7-10-13-19-15(14-11-8-9-12-14)18-17(3,5-2)16(19)20/h14-15,18H,4-13H2,1-3H3. The largest absolute Gasteiger partial charge is 0.325 e. The molecule has 20 heavy (non-hydrogen) atoms. The van der Waals surface area contributed by atoms with Gasteiger partial charge in [0.15, 0.2) is 0 Å². The molecule has 1 N–H and O–H groups in total. The predicted molar refractivity (Wildman–Crippen MR) is 83.4 cm³/mol. The minimum atomic E-state index is -0.321. The van der Waals surface area contributed by atoms with E-state index in [1.807, 2.05) is 0 Å². The Balaban J connectivity index is 2.00. The number of amides is 1. The van der Waals surface area contributed by atoms with Crippen LogP contribution in [0.15, 0.2) is 0 Å². The summed E-state index contributed by atoms with van der Waals surface area (Å²) in [7, 11) is 0. The van der Waals surface area contributed by atoms with Crippen LogP contribution in [0.4, 0.5) is 0 Å². The van der Waals surface area contributed by atoms with Crippen molar-refractivity contribution >= 4 is 5.91 Å². The molecule has 2 atom stereocenters. The van der Waals surface area contributed by atoms with Crippen molar-refractivity contribution in [2.24, 2.45) is 5.92 Å². The van der Waals surface area contributed by atoms with E-state index in [9.17, 15) is 4.79 Å². The second-order valence-electron chi connectivity index (χ2n) is 6.88. The van der Waals surface area contributed by atoms with Crippen molar-refractivity contribution in [2.75, 3.05) is 6.54 Å². The van der Waals surface area contributed by atoms with Gasteiger partial charge in [-0.05, 0) is 38.5 Å². The lowest BCUT2D eigenvalue weighted by Gasteiger charge is -2.29. The molecule has 0 aromatic rings. The van der Waals surface area contributed by atoms with Crippen LogP contribution < -0.4 is 5.32 Å². The Morgan fingerprint density at radius 3 is 2.50 bits per heavy atom. The molecule has 0 spiro atoms. The van der Waals surface area contributed by atoms with E-state index in [-0.39, 0.29) is 5.54 Å². The van der Waals surface area contributed by atoms with Gasteiger partial charge >= 0.3 is 0 Å². The maximum Gasteiger partial charge on any atom is 0.243 e. The molecule has 0 bridgehead atoms. The fraction of sp³-hybridized carbons (Fsp3) is 0.941. The van der Waals surface area contributed by atoms with Gasteiger partial charge in [0, 0.05) is 6.54 Å².